The number of nitrogens with zero attached hydrogens (tertiary/aromatic N) is 5. The van der Waals surface area contributed by atoms with E-state index in [9.17, 15) is 14.3 Å². The molecule has 1 amide bonds. The van der Waals surface area contributed by atoms with Gasteiger partial charge >= 0.3 is 0 Å². The van der Waals surface area contributed by atoms with Crippen molar-refractivity contribution in [1.29, 1.82) is 0 Å². The van der Waals surface area contributed by atoms with Crippen LogP contribution in [0.1, 0.15) is 23.3 Å². The summed E-state index contributed by atoms with van der Waals surface area (Å²) >= 11 is 0. The maximum Gasteiger partial charge on any atom is 0.274 e. The number of pyridine rings is 1. The van der Waals surface area contributed by atoms with Crippen LogP contribution in [-0.2, 0) is 0 Å². The van der Waals surface area contributed by atoms with Gasteiger partial charge in [0.15, 0.2) is 0 Å². The van der Waals surface area contributed by atoms with Gasteiger partial charge in [0.25, 0.3) is 5.91 Å². The lowest BCUT2D eigenvalue weighted by Crippen LogP contribution is -2.46. The molecule has 31 heavy (non-hydrogen) atoms. The normalized spacial score (nSPS) is 23.5. The van der Waals surface area contributed by atoms with Gasteiger partial charge in [-0.3, -0.25) is 9.69 Å². The molecule has 0 aromatic carbocycles. The molecule has 0 radical (unpaired) electrons. The van der Waals surface area contributed by atoms with Crippen molar-refractivity contribution in [2.45, 2.75) is 18.9 Å². The van der Waals surface area contributed by atoms with Crippen molar-refractivity contribution in [2.24, 2.45) is 0 Å². The van der Waals surface area contributed by atoms with Crippen LogP contribution in [0, 0.1) is 5.95 Å². The number of hydrogen-bond acceptors (Lipinski definition) is 8. The third-order valence-corrected chi connectivity index (χ3v) is 5.39. The smallest absolute Gasteiger partial charge is 0.274 e. The quantitative estimate of drug-likeness (QED) is 0.429. The minimum atomic E-state index is -0.594. The maximum atomic E-state index is 13.9. The highest BCUT2D eigenvalue weighted by atomic mass is 19.1. The van der Waals surface area contributed by atoms with Crippen LogP contribution >= 0.6 is 0 Å². The van der Waals surface area contributed by atoms with Crippen molar-refractivity contribution in [3.63, 3.8) is 0 Å². The van der Waals surface area contributed by atoms with Crippen LogP contribution in [0.25, 0.3) is 0 Å². The first-order chi connectivity index (χ1) is 15.1. The minimum absolute atomic E-state index is 0.160. The van der Waals surface area contributed by atoms with E-state index < -0.39 is 18.0 Å². The summed E-state index contributed by atoms with van der Waals surface area (Å²) in [6.45, 7) is 4.18. The molecule has 2 aromatic rings. The van der Waals surface area contributed by atoms with Crippen molar-refractivity contribution >= 4 is 23.2 Å². The second kappa shape index (κ2) is 9.80. The van der Waals surface area contributed by atoms with Crippen molar-refractivity contribution in [3.8, 4) is 0 Å². The number of aliphatic hydroxyl groups is 1. The number of amides is 1. The number of hydrogen-bond donors (Lipinski definition) is 3. The van der Waals surface area contributed by atoms with Crippen LogP contribution in [0.5, 0.6) is 0 Å². The van der Waals surface area contributed by atoms with Crippen molar-refractivity contribution in [1.82, 2.24) is 19.9 Å². The molecule has 3 N–H and O–H groups in total. The number of fused-ring (bicyclic) bond motifs is 9. The number of carbonyl (C=O) groups is 1. The number of nitrogens with one attached hydrogen (secondary N) is 2. The van der Waals surface area contributed by atoms with E-state index in [0.29, 0.717) is 30.9 Å². The zero-order chi connectivity index (χ0) is 21.6. The Morgan fingerprint density at radius 1 is 1.16 bits per heavy atom. The van der Waals surface area contributed by atoms with Crippen LogP contribution in [0.2, 0.25) is 0 Å². The Balaban J connectivity index is 1.61. The fourth-order valence-corrected chi connectivity index (χ4v) is 3.65. The number of aliphatic hydroxyl groups excluding tert-OH is 1. The molecule has 0 aliphatic carbocycles. The topological polar surface area (TPSA) is 107 Å². The SMILES string of the molecule is O=C1Nc2cnc(F)cc2N2CCN(C/C=C\CCC(O)CNc3nccc1n3)CC2. The standard InChI is InChI=1S/C21H26FN7O2/c22-19-12-18-17(14-24-19)26-20(31)16-5-6-23-21(27-16)25-13-15(30)4-2-1-3-7-28-8-10-29(18)11-9-28/h1,3,5-6,12,14-15,30H,2,4,7-11,13H2,(H,26,31)(H,23,25,27)/b3-1-. The lowest BCUT2D eigenvalue weighted by molar-refractivity contribution is 0.102. The lowest BCUT2D eigenvalue weighted by Gasteiger charge is -2.36. The third-order valence-electron chi connectivity index (χ3n) is 5.39. The van der Waals surface area contributed by atoms with E-state index in [1.54, 1.807) is 0 Å². The molecule has 3 aliphatic heterocycles. The van der Waals surface area contributed by atoms with Crippen LogP contribution in [0.3, 0.4) is 0 Å². The minimum Gasteiger partial charge on any atom is -0.391 e. The molecular formula is C21H26FN7O2. The molecular weight excluding hydrogens is 401 g/mol. The molecule has 3 aliphatic rings. The van der Waals surface area contributed by atoms with Gasteiger partial charge in [-0.25, -0.2) is 15.0 Å². The highest BCUT2D eigenvalue weighted by Crippen LogP contribution is 2.27. The predicted molar refractivity (Wildman–Crippen MR) is 116 cm³/mol. The van der Waals surface area contributed by atoms with Crippen molar-refractivity contribution in [2.75, 3.05) is 54.8 Å². The van der Waals surface area contributed by atoms with Gasteiger partial charge in [-0.15, -0.1) is 0 Å². The number of piperazine rings is 1. The molecule has 1 fully saturated rings. The number of anilines is 3. The molecule has 4 bridgehead atoms. The molecule has 1 atom stereocenters. The Hall–Kier alpha value is -3.11. The summed E-state index contributed by atoms with van der Waals surface area (Å²) < 4.78 is 13.9. The fraction of sp³-hybridized carbons (Fsp3) is 0.429. The summed E-state index contributed by atoms with van der Waals surface area (Å²) in [5.41, 5.74) is 1.19. The summed E-state index contributed by atoms with van der Waals surface area (Å²) in [5, 5.41) is 15.9. The van der Waals surface area contributed by atoms with Gasteiger partial charge in [0.2, 0.25) is 11.9 Å². The summed E-state index contributed by atoms with van der Waals surface area (Å²) in [4.78, 5) is 29.2. The number of carbonyl (C=O) groups excluding carboxylic acids is 1. The second-order valence-corrected chi connectivity index (χ2v) is 7.61. The Labute approximate surface area is 180 Å². The number of halogens is 1. The number of aromatic nitrogens is 3. The summed E-state index contributed by atoms with van der Waals surface area (Å²) in [6, 6.07) is 2.85. The molecule has 0 spiro atoms. The van der Waals surface area contributed by atoms with E-state index >= 15 is 0 Å². The first-order valence-corrected chi connectivity index (χ1v) is 10.4. The molecule has 5 rings (SSSR count). The van der Waals surface area contributed by atoms with E-state index in [0.717, 1.165) is 26.1 Å². The monoisotopic (exact) mass is 427 g/mol. The zero-order valence-electron chi connectivity index (χ0n) is 17.2. The highest BCUT2D eigenvalue weighted by molar-refractivity contribution is 6.04. The van der Waals surface area contributed by atoms with Crippen molar-refractivity contribution in [3.05, 3.63) is 48.3 Å². The molecule has 1 saturated heterocycles. The predicted octanol–water partition coefficient (Wildman–Crippen LogP) is 1.51. The van der Waals surface area contributed by atoms with E-state index in [4.69, 9.17) is 0 Å². The third kappa shape index (κ3) is 5.53. The van der Waals surface area contributed by atoms with E-state index in [1.165, 1.54) is 24.5 Å². The molecule has 2 aromatic heterocycles. The Kier molecular flexibility index (Phi) is 6.68. The average Bonchev–Trinajstić information content (AvgIpc) is 2.79. The highest BCUT2D eigenvalue weighted by Gasteiger charge is 2.21. The van der Waals surface area contributed by atoms with Crippen LogP contribution in [0.15, 0.2) is 36.7 Å². The van der Waals surface area contributed by atoms with Crippen LogP contribution in [-0.4, -0.2) is 76.2 Å². The largest absolute Gasteiger partial charge is 0.391 e. The Morgan fingerprint density at radius 2 is 2.00 bits per heavy atom. The molecule has 1 unspecified atom stereocenters. The summed E-state index contributed by atoms with van der Waals surface area (Å²) in [5.74, 6) is -0.780. The summed E-state index contributed by atoms with van der Waals surface area (Å²) in [7, 11) is 0. The molecule has 0 saturated carbocycles. The first-order valence-electron chi connectivity index (χ1n) is 10.4. The molecule has 10 heteroatoms. The van der Waals surface area contributed by atoms with Gasteiger partial charge < -0.3 is 20.6 Å². The Morgan fingerprint density at radius 3 is 2.84 bits per heavy atom. The van der Waals surface area contributed by atoms with Gasteiger partial charge in [0.05, 0.1) is 23.7 Å². The average molecular weight is 427 g/mol. The van der Waals surface area contributed by atoms with Crippen LogP contribution < -0.4 is 15.5 Å². The zero-order valence-corrected chi connectivity index (χ0v) is 17.2. The van der Waals surface area contributed by atoms with E-state index in [2.05, 4.69) is 47.5 Å². The maximum absolute atomic E-state index is 13.9. The molecule has 164 valence electrons. The van der Waals surface area contributed by atoms with Gasteiger partial charge in [-0.05, 0) is 18.9 Å². The second-order valence-electron chi connectivity index (χ2n) is 7.61. The van der Waals surface area contributed by atoms with Gasteiger partial charge in [0.1, 0.15) is 5.69 Å². The fourth-order valence-electron chi connectivity index (χ4n) is 3.65. The Bertz CT molecular complexity index is 947. The molecule has 9 nitrogen and oxygen atoms in total. The number of allylic oxidation sites excluding steroid dienone is 1. The number of rotatable bonds is 0. The van der Waals surface area contributed by atoms with E-state index in [-0.39, 0.29) is 18.2 Å². The molecule has 5 heterocycles. The summed E-state index contributed by atoms with van der Waals surface area (Å²) in [6.07, 6.45) is 7.84. The van der Waals surface area contributed by atoms with Gasteiger partial charge in [0, 0.05) is 51.5 Å². The lowest BCUT2D eigenvalue weighted by atomic mass is 10.2. The first kappa shape index (κ1) is 21.1. The van der Waals surface area contributed by atoms with Gasteiger partial charge in [-0.2, -0.15) is 4.39 Å². The van der Waals surface area contributed by atoms with Gasteiger partial charge in [-0.1, -0.05) is 12.2 Å². The van der Waals surface area contributed by atoms with Crippen molar-refractivity contribution < 1.29 is 14.3 Å². The van der Waals surface area contributed by atoms with E-state index in [1.807, 2.05) is 0 Å². The van der Waals surface area contributed by atoms with Crippen LogP contribution in [0.4, 0.5) is 21.7 Å².